The van der Waals surface area contributed by atoms with Crippen molar-refractivity contribution in [2.45, 2.75) is 19.9 Å². The van der Waals surface area contributed by atoms with E-state index in [1.165, 1.54) is 7.11 Å². The largest absolute Gasteiger partial charge is 0.494 e. The summed E-state index contributed by atoms with van der Waals surface area (Å²) in [5.74, 6) is 0.900. The molecule has 3 N–H and O–H groups in total. The molecule has 3 aromatic rings. The van der Waals surface area contributed by atoms with Crippen molar-refractivity contribution in [3.8, 4) is 11.4 Å². The van der Waals surface area contributed by atoms with Crippen LogP contribution in [0.4, 0.5) is 21.8 Å². The maximum absolute atomic E-state index is 15.5. The number of methoxy groups -OCH3 is 1. The molecule has 0 saturated carbocycles. The van der Waals surface area contributed by atoms with Gasteiger partial charge in [0, 0.05) is 43.9 Å². The summed E-state index contributed by atoms with van der Waals surface area (Å²) in [4.78, 5) is 8.66. The van der Waals surface area contributed by atoms with Crippen molar-refractivity contribution in [3.05, 3.63) is 47.2 Å². The van der Waals surface area contributed by atoms with Crippen molar-refractivity contribution in [2.75, 3.05) is 31.3 Å². The van der Waals surface area contributed by atoms with Crippen molar-refractivity contribution in [1.82, 2.24) is 25.1 Å². The molecule has 0 aliphatic carbocycles. The van der Waals surface area contributed by atoms with Gasteiger partial charge in [0.1, 0.15) is 17.3 Å². The molecule has 0 unspecified atom stereocenters. The van der Waals surface area contributed by atoms with E-state index in [9.17, 15) is 0 Å². The van der Waals surface area contributed by atoms with Gasteiger partial charge in [0.25, 0.3) is 0 Å². The van der Waals surface area contributed by atoms with Gasteiger partial charge in [-0.25, -0.2) is 14.1 Å². The number of fused-ring (bicyclic) bond motifs is 1. The number of hydrogen-bond acceptors (Lipinski definition) is 7. The highest BCUT2D eigenvalue weighted by atomic mass is 19.1. The van der Waals surface area contributed by atoms with Crippen molar-refractivity contribution in [3.63, 3.8) is 0 Å². The number of benzene rings is 1. The van der Waals surface area contributed by atoms with Crippen LogP contribution in [-0.4, -0.2) is 40.5 Å². The maximum atomic E-state index is 15.5. The molecule has 0 atom stereocenters. The first-order valence-electron chi connectivity index (χ1n) is 9.04. The molecule has 8 nitrogen and oxygen atoms in total. The lowest BCUT2D eigenvalue weighted by atomic mass is 10.1. The zero-order valence-corrected chi connectivity index (χ0v) is 16.0. The van der Waals surface area contributed by atoms with Crippen molar-refractivity contribution >= 4 is 17.5 Å². The molecule has 1 aliphatic heterocycles. The maximum Gasteiger partial charge on any atom is 0.229 e. The molecule has 1 aliphatic rings. The quantitative estimate of drug-likeness (QED) is 0.624. The molecule has 0 radical (unpaired) electrons. The number of aryl methyl sites for hydroxylation is 1. The summed E-state index contributed by atoms with van der Waals surface area (Å²) in [6, 6.07) is 5.13. The highest BCUT2D eigenvalue weighted by Gasteiger charge is 2.23. The minimum atomic E-state index is -0.472. The second-order valence-electron chi connectivity index (χ2n) is 6.53. The molecule has 0 spiro atoms. The van der Waals surface area contributed by atoms with Gasteiger partial charge in [0.15, 0.2) is 5.82 Å². The summed E-state index contributed by atoms with van der Waals surface area (Å²) in [7, 11) is 3.29. The summed E-state index contributed by atoms with van der Waals surface area (Å²) in [5, 5.41) is 13.7. The first-order valence-corrected chi connectivity index (χ1v) is 9.04. The Morgan fingerprint density at radius 2 is 2.14 bits per heavy atom. The number of halogens is 1. The zero-order valence-electron chi connectivity index (χ0n) is 16.0. The minimum Gasteiger partial charge on any atom is -0.494 e. The van der Waals surface area contributed by atoms with E-state index in [0.717, 1.165) is 36.5 Å². The monoisotopic (exact) mass is 383 g/mol. The van der Waals surface area contributed by atoms with Crippen LogP contribution < -0.4 is 20.7 Å². The molecule has 0 fully saturated rings. The molecule has 3 heterocycles. The number of anilines is 3. The predicted molar refractivity (Wildman–Crippen MR) is 105 cm³/mol. The van der Waals surface area contributed by atoms with Gasteiger partial charge in [-0.3, -0.25) is 0 Å². The van der Waals surface area contributed by atoms with Crippen LogP contribution in [0.25, 0.3) is 5.69 Å². The molecule has 0 bridgehead atoms. The minimum absolute atomic E-state index is 0.252. The predicted octanol–water partition coefficient (Wildman–Crippen LogP) is 2.55. The first-order chi connectivity index (χ1) is 13.6. The zero-order chi connectivity index (χ0) is 19.7. The Kier molecular flexibility index (Phi) is 4.82. The van der Waals surface area contributed by atoms with Crippen LogP contribution in [0.15, 0.2) is 24.4 Å². The standard InChI is InChI=1S/C19H22FN7O/c1-11-8-16(21-2)26-19(24-11)25-13-4-5-15(28-3)18(17(13)20)27-14-6-7-22-9-12(14)10-23-27/h4-5,8,10,22H,6-7,9H2,1-3H3,(H2,21,24,25,26). The van der Waals surface area contributed by atoms with Crippen LogP contribution in [0.5, 0.6) is 5.75 Å². The number of aromatic nitrogens is 4. The van der Waals surface area contributed by atoms with Gasteiger partial charge in [0.2, 0.25) is 5.95 Å². The number of rotatable bonds is 5. The number of nitrogens with one attached hydrogen (secondary N) is 3. The summed E-state index contributed by atoms with van der Waals surface area (Å²) < 4.78 is 22.6. The topological polar surface area (TPSA) is 88.9 Å². The van der Waals surface area contributed by atoms with E-state index in [1.54, 1.807) is 30.1 Å². The normalized spacial score (nSPS) is 13.1. The molecule has 9 heteroatoms. The molecule has 4 rings (SSSR count). The lowest BCUT2D eigenvalue weighted by molar-refractivity contribution is 0.406. The second kappa shape index (κ2) is 7.43. The molecule has 0 saturated heterocycles. The van der Waals surface area contributed by atoms with Gasteiger partial charge < -0.3 is 20.7 Å². The SMILES string of the molecule is CNc1cc(C)nc(Nc2ccc(OC)c(-n3ncc4c3CCNC4)c2F)n1. The fraction of sp³-hybridized carbons (Fsp3) is 0.316. The molecule has 0 amide bonds. The molecular formula is C19H22FN7O. The number of hydrogen-bond donors (Lipinski definition) is 3. The van der Waals surface area contributed by atoms with Gasteiger partial charge >= 0.3 is 0 Å². The average molecular weight is 383 g/mol. The number of nitrogens with zero attached hydrogens (tertiary/aromatic N) is 4. The van der Waals surface area contributed by atoms with Crippen LogP contribution in [-0.2, 0) is 13.0 Å². The average Bonchev–Trinajstić information content (AvgIpc) is 3.12. The van der Waals surface area contributed by atoms with Gasteiger partial charge in [-0.1, -0.05) is 0 Å². The number of ether oxygens (including phenoxy) is 1. The van der Waals surface area contributed by atoms with Crippen LogP contribution >= 0.6 is 0 Å². The van der Waals surface area contributed by atoms with Crippen molar-refractivity contribution in [1.29, 1.82) is 0 Å². The van der Waals surface area contributed by atoms with E-state index in [2.05, 4.69) is 31.0 Å². The Hall–Kier alpha value is -3.20. The first kappa shape index (κ1) is 18.2. The molecule has 28 heavy (non-hydrogen) atoms. The molecule has 146 valence electrons. The lowest BCUT2D eigenvalue weighted by Crippen LogP contribution is -2.24. The fourth-order valence-corrected chi connectivity index (χ4v) is 3.32. The van der Waals surface area contributed by atoms with Crippen molar-refractivity contribution < 1.29 is 9.13 Å². The highest BCUT2D eigenvalue weighted by Crippen LogP contribution is 2.33. The van der Waals surface area contributed by atoms with Gasteiger partial charge in [-0.2, -0.15) is 10.1 Å². The van der Waals surface area contributed by atoms with Crippen LogP contribution in [0.1, 0.15) is 17.0 Å². The van der Waals surface area contributed by atoms with Crippen LogP contribution in [0.2, 0.25) is 0 Å². The van der Waals surface area contributed by atoms with E-state index in [1.807, 2.05) is 13.0 Å². The third-order valence-corrected chi connectivity index (χ3v) is 4.68. The fourth-order valence-electron chi connectivity index (χ4n) is 3.32. The Bertz CT molecular complexity index is 1020. The van der Waals surface area contributed by atoms with Crippen LogP contribution in [0.3, 0.4) is 0 Å². The smallest absolute Gasteiger partial charge is 0.229 e. The van der Waals surface area contributed by atoms with Crippen LogP contribution in [0, 0.1) is 12.7 Å². The Balaban J connectivity index is 1.78. The Morgan fingerprint density at radius 1 is 1.29 bits per heavy atom. The van der Waals surface area contributed by atoms with E-state index in [-0.39, 0.29) is 11.4 Å². The summed E-state index contributed by atoms with van der Waals surface area (Å²) >= 11 is 0. The third kappa shape index (κ3) is 3.24. The van der Waals surface area contributed by atoms with E-state index >= 15 is 4.39 Å². The summed E-state index contributed by atoms with van der Waals surface area (Å²) in [6.45, 7) is 3.40. The van der Waals surface area contributed by atoms with Gasteiger partial charge in [0.05, 0.1) is 24.7 Å². The van der Waals surface area contributed by atoms with E-state index < -0.39 is 5.82 Å². The van der Waals surface area contributed by atoms with Crippen molar-refractivity contribution in [2.24, 2.45) is 0 Å². The van der Waals surface area contributed by atoms with E-state index in [0.29, 0.717) is 17.5 Å². The summed E-state index contributed by atoms with van der Waals surface area (Å²) in [6.07, 6.45) is 2.53. The molecular weight excluding hydrogens is 361 g/mol. The van der Waals surface area contributed by atoms with Gasteiger partial charge in [-0.05, 0) is 19.1 Å². The summed E-state index contributed by atoms with van der Waals surface area (Å²) in [5.41, 5.74) is 3.34. The van der Waals surface area contributed by atoms with Gasteiger partial charge in [-0.15, -0.1) is 0 Å². The molecule has 1 aromatic carbocycles. The highest BCUT2D eigenvalue weighted by molar-refractivity contribution is 5.64. The second-order valence-corrected chi connectivity index (χ2v) is 6.53. The lowest BCUT2D eigenvalue weighted by Gasteiger charge is -2.18. The third-order valence-electron chi connectivity index (χ3n) is 4.68. The Labute approximate surface area is 162 Å². The van der Waals surface area contributed by atoms with E-state index in [4.69, 9.17) is 4.74 Å². The molecule has 2 aromatic heterocycles. The Morgan fingerprint density at radius 3 is 2.93 bits per heavy atom.